The van der Waals surface area contributed by atoms with E-state index in [1.165, 1.54) is 89.0 Å². The van der Waals surface area contributed by atoms with E-state index in [1.807, 2.05) is 0 Å². The molecule has 1 aromatic carbocycles. The van der Waals surface area contributed by atoms with Crippen LogP contribution in [0.25, 0.3) is 0 Å². The van der Waals surface area contributed by atoms with Gasteiger partial charge in [0.15, 0.2) is 0 Å². The van der Waals surface area contributed by atoms with Crippen LogP contribution in [-0.4, -0.2) is 4.57 Å². The van der Waals surface area contributed by atoms with Gasteiger partial charge in [-0.3, -0.25) is 0 Å². The highest BCUT2D eigenvalue weighted by atomic mass is 15.1. The Morgan fingerprint density at radius 2 is 1.31 bits per heavy atom. The first kappa shape index (κ1) is 23.7. The molecule has 0 N–H and O–H groups in total. The molecule has 29 heavy (non-hydrogen) atoms. The Labute approximate surface area is 180 Å². The van der Waals surface area contributed by atoms with Crippen molar-refractivity contribution in [3.05, 3.63) is 54.6 Å². The lowest BCUT2D eigenvalue weighted by Gasteiger charge is -2.14. The average molecular weight is 398 g/mol. The van der Waals surface area contributed by atoms with Gasteiger partial charge in [0.1, 0.15) is 18.4 Å². The molecule has 0 radical (unpaired) electrons. The van der Waals surface area contributed by atoms with Gasteiger partial charge < -0.3 is 0 Å². The average Bonchev–Trinajstić information content (AvgIpc) is 3.22. The van der Waals surface area contributed by atoms with Gasteiger partial charge in [0, 0.05) is 0 Å². The van der Waals surface area contributed by atoms with Crippen molar-refractivity contribution in [1.82, 2.24) is 4.57 Å². The molecule has 1 aromatic heterocycles. The van der Waals surface area contributed by atoms with Gasteiger partial charge in [-0.05, 0) is 32.3 Å². The third-order valence-corrected chi connectivity index (χ3v) is 6.15. The summed E-state index contributed by atoms with van der Waals surface area (Å²) in [6, 6.07) is 12.0. The molecule has 0 saturated carbocycles. The van der Waals surface area contributed by atoms with Gasteiger partial charge in [-0.25, -0.2) is 9.13 Å². The lowest BCUT2D eigenvalue weighted by Crippen LogP contribution is -2.38. The van der Waals surface area contributed by atoms with Gasteiger partial charge in [-0.1, -0.05) is 108 Å². The molecule has 162 valence electrons. The Kier molecular flexibility index (Phi) is 11.8. The minimum Gasteiger partial charge on any atom is -0.235 e. The molecule has 0 fully saturated rings. The van der Waals surface area contributed by atoms with Crippen LogP contribution in [-0.2, 0) is 0 Å². The second kappa shape index (κ2) is 14.4. The highest BCUT2D eigenvalue weighted by Crippen LogP contribution is 2.21. The molecule has 2 nitrogen and oxygen atoms in total. The number of unbranched alkanes of at least 4 members (excludes halogenated alkanes) is 11. The van der Waals surface area contributed by atoms with E-state index in [-0.39, 0.29) is 0 Å². The Balaban J connectivity index is 1.67. The number of hydrogen-bond donors (Lipinski definition) is 0. The molecule has 0 bridgehead atoms. The van der Waals surface area contributed by atoms with Crippen molar-refractivity contribution in [1.29, 1.82) is 0 Å². The second-order valence-corrected chi connectivity index (χ2v) is 9.01. The molecule has 0 aliphatic carbocycles. The van der Waals surface area contributed by atoms with Crippen molar-refractivity contribution in [2.24, 2.45) is 0 Å². The molecule has 1 atom stereocenters. The van der Waals surface area contributed by atoms with Crippen LogP contribution in [0.1, 0.15) is 122 Å². The fourth-order valence-corrected chi connectivity index (χ4v) is 4.22. The maximum atomic E-state index is 2.41. The number of nitrogens with zero attached hydrogens (tertiary/aromatic N) is 2. The molecule has 2 rings (SSSR count). The van der Waals surface area contributed by atoms with Crippen LogP contribution in [0, 0.1) is 0 Å². The van der Waals surface area contributed by atoms with E-state index in [2.05, 4.69) is 79.0 Å². The molecule has 0 saturated heterocycles. The molecule has 2 heteroatoms. The molecular formula is C27H45N2+. The van der Waals surface area contributed by atoms with Crippen LogP contribution in [0.2, 0.25) is 0 Å². The highest BCUT2D eigenvalue weighted by Gasteiger charge is 2.19. The fourth-order valence-electron chi connectivity index (χ4n) is 4.22. The van der Waals surface area contributed by atoms with E-state index in [0.29, 0.717) is 12.1 Å². The van der Waals surface area contributed by atoms with Crippen molar-refractivity contribution in [3.63, 3.8) is 0 Å². The van der Waals surface area contributed by atoms with Crippen LogP contribution in [0.15, 0.2) is 49.1 Å². The maximum absolute atomic E-state index is 2.41. The lowest BCUT2D eigenvalue weighted by molar-refractivity contribution is -0.714. The largest absolute Gasteiger partial charge is 0.244 e. The van der Waals surface area contributed by atoms with E-state index in [0.717, 1.165) is 0 Å². The smallest absolute Gasteiger partial charge is 0.235 e. The molecule has 0 unspecified atom stereocenters. The fraction of sp³-hybridized carbons (Fsp3) is 0.667. The summed E-state index contributed by atoms with van der Waals surface area (Å²) in [5.74, 6) is 0. The minimum atomic E-state index is 0.458. The molecule has 0 spiro atoms. The van der Waals surface area contributed by atoms with Crippen LogP contribution >= 0.6 is 0 Å². The number of imidazole rings is 1. The topological polar surface area (TPSA) is 8.81 Å². The SMILES string of the molecule is CCCCCCCCCCCCCC[C@@H](c1ccccc1)[n+]1ccn(C(C)C)c1. The number of hydrogen-bond acceptors (Lipinski definition) is 0. The standard InChI is InChI=1S/C27H45N2/c1-4-5-6-7-8-9-10-11-12-13-14-18-21-27(26-19-16-15-17-20-26)29-23-22-28(24-29)25(2)3/h15-17,19-20,22-25,27H,4-14,18,21H2,1-3H3/q+1/t27-/m0/s1. The summed E-state index contributed by atoms with van der Waals surface area (Å²) in [6.45, 7) is 6.78. The Morgan fingerprint density at radius 1 is 0.759 bits per heavy atom. The summed E-state index contributed by atoms with van der Waals surface area (Å²) in [7, 11) is 0. The van der Waals surface area contributed by atoms with Crippen molar-refractivity contribution in [2.75, 3.05) is 0 Å². The first-order chi connectivity index (χ1) is 14.2. The molecular weight excluding hydrogens is 352 g/mol. The number of benzene rings is 1. The maximum Gasteiger partial charge on any atom is 0.244 e. The zero-order valence-electron chi connectivity index (χ0n) is 19.4. The molecule has 0 aliphatic rings. The molecule has 1 heterocycles. The Bertz CT molecular complexity index is 629. The summed E-state index contributed by atoms with van der Waals surface area (Å²) in [6.07, 6.45) is 24.9. The third kappa shape index (κ3) is 9.19. The quantitative estimate of drug-likeness (QED) is 0.200. The highest BCUT2D eigenvalue weighted by molar-refractivity contribution is 5.17. The van der Waals surface area contributed by atoms with Crippen LogP contribution < -0.4 is 4.57 Å². The summed E-state index contributed by atoms with van der Waals surface area (Å²) in [4.78, 5) is 0. The molecule has 0 amide bonds. The molecule has 2 aromatic rings. The van der Waals surface area contributed by atoms with E-state index in [1.54, 1.807) is 0 Å². The predicted molar refractivity (Wildman–Crippen MR) is 125 cm³/mol. The van der Waals surface area contributed by atoms with Gasteiger partial charge in [-0.2, -0.15) is 0 Å². The van der Waals surface area contributed by atoms with Crippen LogP contribution in [0.4, 0.5) is 0 Å². The van der Waals surface area contributed by atoms with Crippen LogP contribution in [0.5, 0.6) is 0 Å². The van der Waals surface area contributed by atoms with E-state index in [4.69, 9.17) is 0 Å². The van der Waals surface area contributed by atoms with Gasteiger partial charge in [0.25, 0.3) is 0 Å². The van der Waals surface area contributed by atoms with E-state index in [9.17, 15) is 0 Å². The van der Waals surface area contributed by atoms with Gasteiger partial charge in [-0.15, -0.1) is 0 Å². The normalized spacial score (nSPS) is 12.6. The number of rotatable bonds is 16. The van der Waals surface area contributed by atoms with Gasteiger partial charge >= 0.3 is 0 Å². The summed E-state index contributed by atoms with van der Waals surface area (Å²) in [5, 5.41) is 0. The number of aromatic nitrogens is 2. The van der Waals surface area contributed by atoms with Crippen molar-refractivity contribution >= 4 is 0 Å². The van der Waals surface area contributed by atoms with E-state index < -0.39 is 0 Å². The summed E-state index contributed by atoms with van der Waals surface area (Å²) < 4.78 is 4.71. The monoisotopic (exact) mass is 397 g/mol. The minimum absolute atomic E-state index is 0.458. The zero-order valence-corrected chi connectivity index (χ0v) is 19.4. The van der Waals surface area contributed by atoms with Gasteiger partial charge in [0.2, 0.25) is 6.33 Å². The van der Waals surface area contributed by atoms with E-state index >= 15 is 0 Å². The Morgan fingerprint density at radius 3 is 1.83 bits per heavy atom. The van der Waals surface area contributed by atoms with Gasteiger partial charge in [0.05, 0.1) is 6.04 Å². The second-order valence-electron chi connectivity index (χ2n) is 9.01. The van der Waals surface area contributed by atoms with Crippen molar-refractivity contribution in [3.8, 4) is 0 Å². The van der Waals surface area contributed by atoms with Crippen LogP contribution in [0.3, 0.4) is 0 Å². The third-order valence-electron chi connectivity index (χ3n) is 6.15. The van der Waals surface area contributed by atoms with Crippen molar-refractivity contribution < 1.29 is 4.57 Å². The van der Waals surface area contributed by atoms with Crippen molar-refractivity contribution in [2.45, 2.75) is 116 Å². The summed E-state index contributed by atoms with van der Waals surface area (Å²) >= 11 is 0. The first-order valence-corrected chi connectivity index (χ1v) is 12.4. The Hall–Kier alpha value is -1.57. The molecule has 0 aliphatic heterocycles. The lowest BCUT2D eigenvalue weighted by atomic mass is 9.99. The predicted octanol–water partition coefficient (Wildman–Crippen LogP) is 8.04. The first-order valence-electron chi connectivity index (χ1n) is 12.4. The summed E-state index contributed by atoms with van der Waals surface area (Å²) in [5.41, 5.74) is 1.43. The zero-order chi connectivity index (χ0) is 20.7.